The highest BCUT2D eigenvalue weighted by molar-refractivity contribution is 7.45. The summed E-state index contributed by atoms with van der Waals surface area (Å²) in [6.45, 7) is 6.81. The Morgan fingerprint density at radius 1 is 0.468 bits per heavy atom. The number of unbranched alkanes of at least 4 members (excludes halogenated alkanes) is 36. The quantitative estimate of drug-likeness (QED) is 0.0161. The molecule has 0 aliphatic carbocycles. The summed E-state index contributed by atoms with van der Waals surface area (Å²) < 4.78 is 30.4. The van der Waals surface area contributed by atoms with Gasteiger partial charge >= 0.3 is 5.97 Å². The molecule has 9 nitrogen and oxygen atoms in total. The summed E-state index contributed by atoms with van der Waals surface area (Å²) >= 11 is 0. The second-order valence-corrected chi connectivity index (χ2v) is 24.7. The fourth-order valence-electron chi connectivity index (χ4n) is 9.37. The molecular formula is C67H125N2O7P. The molecule has 3 atom stereocenters. The van der Waals surface area contributed by atoms with Crippen LogP contribution in [0.4, 0.5) is 0 Å². The van der Waals surface area contributed by atoms with Gasteiger partial charge in [0.15, 0.2) is 0 Å². The number of nitrogens with zero attached hydrogens (tertiary/aromatic N) is 1. The van der Waals surface area contributed by atoms with Crippen molar-refractivity contribution < 1.29 is 37.3 Å². The van der Waals surface area contributed by atoms with Crippen molar-refractivity contribution in [2.75, 3.05) is 40.9 Å². The van der Waals surface area contributed by atoms with Crippen LogP contribution in [0.3, 0.4) is 0 Å². The second-order valence-electron chi connectivity index (χ2n) is 23.3. The Morgan fingerprint density at radius 3 is 1.27 bits per heavy atom. The average Bonchev–Trinajstić information content (AvgIpc) is 3.39. The fourth-order valence-corrected chi connectivity index (χ4v) is 10.1. The van der Waals surface area contributed by atoms with Crippen molar-refractivity contribution >= 4 is 19.7 Å². The minimum atomic E-state index is -4.70. The summed E-state index contributed by atoms with van der Waals surface area (Å²) in [5, 5.41) is 3.03. The molecular weight excluding hydrogens is 976 g/mol. The number of quaternary nitrogens is 1. The van der Waals surface area contributed by atoms with Crippen LogP contribution in [0.5, 0.6) is 0 Å². The van der Waals surface area contributed by atoms with Gasteiger partial charge in [-0.15, -0.1) is 0 Å². The van der Waals surface area contributed by atoms with Crippen LogP contribution in [0.1, 0.15) is 303 Å². The molecule has 0 aliphatic heterocycles. The number of allylic oxidation sites excluding steroid dienone is 9. The maximum absolute atomic E-state index is 13.6. The third-order valence-corrected chi connectivity index (χ3v) is 15.4. The zero-order valence-corrected chi connectivity index (χ0v) is 52.3. The van der Waals surface area contributed by atoms with Gasteiger partial charge < -0.3 is 28.5 Å². The van der Waals surface area contributed by atoms with Gasteiger partial charge in [0.05, 0.1) is 33.8 Å². The van der Waals surface area contributed by atoms with Crippen LogP contribution in [0.15, 0.2) is 60.8 Å². The Labute approximate surface area is 477 Å². The highest BCUT2D eigenvalue weighted by Gasteiger charge is 2.27. The number of hydrogen-bond donors (Lipinski definition) is 1. The van der Waals surface area contributed by atoms with Crippen molar-refractivity contribution in [2.45, 2.75) is 315 Å². The number of nitrogens with one attached hydrogen (secondary N) is 1. The van der Waals surface area contributed by atoms with Crippen LogP contribution < -0.4 is 10.2 Å². The van der Waals surface area contributed by atoms with E-state index in [2.05, 4.69) is 74.7 Å². The van der Waals surface area contributed by atoms with Crippen LogP contribution in [-0.4, -0.2) is 69.4 Å². The lowest BCUT2D eigenvalue weighted by Gasteiger charge is -2.30. The number of carbonyl (C=O) groups is 2. The first-order valence-electron chi connectivity index (χ1n) is 32.6. The van der Waals surface area contributed by atoms with Gasteiger partial charge in [0.2, 0.25) is 5.91 Å². The lowest BCUT2D eigenvalue weighted by atomic mass is 10.0. The van der Waals surface area contributed by atoms with Crippen LogP contribution in [0, 0.1) is 0 Å². The molecule has 0 rings (SSSR count). The van der Waals surface area contributed by atoms with E-state index in [4.69, 9.17) is 13.8 Å². The third kappa shape index (κ3) is 58.2. The van der Waals surface area contributed by atoms with Gasteiger partial charge in [0.1, 0.15) is 19.3 Å². The number of likely N-dealkylation sites (N-methyl/N-ethyl adjacent to an activating group) is 1. The molecule has 77 heavy (non-hydrogen) atoms. The van der Waals surface area contributed by atoms with Crippen molar-refractivity contribution in [1.82, 2.24) is 5.32 Å². The maximum atomic E-state index is 13.6. The van der Waals surface area contributed by atoms with E-state index >= 15 is 0 Å². The minimum absolute atomic E-state index is 0.0248. The van der Waals surface area contributed by atoms with E-state index in [1.165, 1.54) is 186 Å². The third-order valence-electron chi connectivity index (χ3n) is 14.4. The van der Waals surface area contributed by atoms with Crippen molar-refractivity contribution in [3.8, 4) is 0 Å². The summed E-state index contributed by atoms with van der Waals surface area (Å²) in [4.78, 5) is 40.0. The van der Waals surface area contributed by atoms with Crippen molar-refractivity contribution in [3.63, 3.8) is 0 Å². The number of rotatable bonds is 59. The van der Waals surface area contributed by atoms with Crippen molar-refractivity contribution in [3.05, 3.63) is 60.8 Å². The number of phosphoric ester groups is 1. The first-order chi connectivity index (χ1) is 37.4. The molecule has 10 heteroatoms. The molecule has 0 aliphatic rings. The molecule has 0 heterocycles. The van der Waals surface area contributed by atoms with E-state index in [-0.39, 0.29) is 24.9 Å². The van der Waals surface area contributed by atoms with Gasteiger partial charge in [-0.2, -0.15) is 0 Å². The zero-order valence-electron chi connectivity index (χ0n) is 51.4. The van der Waals surface area contributed by atoms with Gasteiger partial charge in [0.25, 0.3) is 7.82 Å². The molecule has 0 saturated carbocycles. The summed E-state index contributed by atoms with van der Waals surface area (Å²) in [7, 11) is 1.18. The molecule has 0 aromatic rings. The Balaban J connectivity index is 5.18. The monoisotopic (exact) mass is 1100 g/mol. The number of phosphoric acid groups is 1. The number of esters is 1. The van der Waals surface area contributed by atoms with Crippen molar-refractivity contribution in [1.29, 1.82) is 0 Å². The molecule has 0 aromatic carbocycles. The van der Waals surface area contributed by atoms with Crippen LogP contribution in [0.25, 0.3) is 0 Å². The van der Waals surface area contributed by atoms with Gasteiger partial charge in [-0.25, -0.2) is 0 Å². The van der Waals surface area contributed by atoms with E-state index in [0.717, 1.165) is 83.5 Å². The summed E-state index contributed by atoms with van der Waals surface area (Å²) in [5.41, 5.74) is 0. The average molecular weight is 1100 g/mol. The first kappa shape index (κ1) is 74.7. The van der Waals surface area contributed by atoms with E-state index in [1.807, 2.05) is 33.3 Å². The summed E-state index contributed by atoms with van der Waals surface area (Å²) in [6, 6.07) is -0.894. The number of amides is 1. The lowest BCUT2D eigenvalue weighted by Crippen LogP contribution is -2.47. The van der Waals surface area contributed by atoms with Crippen LogP contribution >= 0.6 is 7.82 Å². The molecule has 450 valence electrons. The molecule has 0 spiro atoms. The second kappa shape index (κ2) is 57.0. The zero-order chi connectivity index (χ0) is 56.4. The van der Waals surface area contributed by atoms with Crippen molar-refractivity contribution in [2.24, 2.45) is 0 Å². The van der Waals surface area contributed by atoms with E-state index in [0.29, 0.717) is 17.4 Å². The Bertz CT molecular complexity index is 1500. The van der Waals surface area contributed by atoms with Crippen LogP contribution in [-0.2, 0) is 27.9 Å². The largest absolute Gasteiger partial charge is 0.756 e. The minimum Gasteiger partial charge on any atom is -0.756 e. The number of carbonyl (C=O) groups excluding carboxylic acids is 2. The van der Waals surface area contributed by atoms with Gasteiger partial charge in [-0.3, -0.25) is 14.2 Å². The first-order valence-corrected chi connectivity index (χ1v) is 34.1. The number of hydrogen-bond acceptors (Lipinski definition) is 7. The van der Waals surface area contributed by atoms with E-state index in [9.17, 15) is 19.0 Å². The molecule has 1 amide bonds. The predicted octanol–water partition coefficient (Wildman–Crippen LogP) is 19.6. The molecule has 0 fully saturated rings. The van der Waals surface area contributed by atoms with Gasteiger partial charge in [-0.1, -0.05) is 262 Å². The molecule has 1 N–H and O–H groups in total. The lowest BCUT2D eigenvalue weighted by molar-refractivity contribution is -0.870. The Hall–Kier alpha value is -2.29. The normalized spacial score (nSPS) is 14.0. The summed E-state index contributed by atoms with van der Waals surface area (Å²) in [6.07, 6.45) is 71.8. The molecule has 0 radical (unpaired) electrons. The van der Waals surface area contributed by atoms with E-state index < -0.39 is 26.6 Å². The van der Waals surface area contributed by atoms with Gasteiger partial charge in [0, 0.05) is 12.8 Å². The summed E-state index contributed by atoms with van der Waals surface area (Å²) in [5.74, 6) is -0.547. The Kier molecular flexibility index (Phi) is 55.3. The highest BCUT2D eigenvalue weighted by atomic mass is 31.2. The molecule has 0 aromatic heterocycles. The molecule has 0 bridgehead atoms. The Morgan fingerprint density at radius 2 is 0.831 bits per heavy atom. The topological polar surface area (TPSA) is 114 Å². The molecule has 0 saturated heterocycles. The van der Waals surface area contributed by atoms with E-state index in [1.54, 1.807) is 0 Å². The fraction of sp³-hybridized carbons (Fsp3) is 0.821. The SMILES string of the molecule is CCCCC/C=C\C/C=C\CCCCCCCCCCCCCCCC(=O)NC(COP(=O)([O-])OCC[N+](C)(C)C)C(/C=C\CCCCCCCCCCCCC)OC(=O)CCCCCCCC/C=C/C=C/CCCCC. The van der Waals surface area contributed by atoms with Gasteiger partial charge in [-0.05, 0) is 89.5 Å². The smallest absolute Gasteiger partial charge is 0.306 e. The predicted molar refractivity (Wildman–Crippen MR) is 330 cm³/mol. The molecule has 3 unspecified atom stereocenters. The maximum Gasteiger partial charge on any atom is 0.306 e. The highest BCUT2D eigenvalue weighted by Crippen LogP contribution is 2.38. The number of ether oxygens (including phenoxy) is 1. The van der Waals surface area contributed by atoms with Crippen LogP contribution in [0.2, 0.25) is 0 Å². The standard InChI is InChI=1S/C67H125N2O7P/c1-7-10-13-16-19-22-25-28-30-31-32-33-34-35-36-37-39-41-44-47-50-53-56-59-66(70)68-64(63-75-77(72,73)74-62-61-69(4,5)6)65(58-55-52-49-46-43-40-27-24-21-18-15-12-9-3)76-67(71)60-57-54-51-48-45-42-38-29-26-23-20-17-14-11-8-2/h19-20,22-23,26,28-30,55,58,64-65H,7-18,21,24-25,27,31-54,56-57,59-63H2,1-6H3,(H-,68,70,72,73)/b22-19-,23-20+,29-26+,30-28-,58-55-.